The Morgan fingerprint density at radius 1 is 0.839 bits per heavy atom. The van der Waals surface area contributed by atoms with Crippen LogP contribution < -0.4 is 19.5 Å². The van der Waals surface area contributed by atoms with E-state index in [0.717, 1.165) is 42.3 Å². The summed E-state index contributed by atoms with van der Waals surface area (Å²) in [7, 11) is 0. The predicted octanol–water partition coefficient (Wildman–Crippen LogP) is 5.77. The molecular formula is C27H29NO3. The van der Waals surface area contributed by atoms with Crippen molar-refractivity contribution in [1.82, 2.24) is 5.32 Å². The molecule has 1 aliphatic heterocycles. The smallest absolute Gasteiger partial charge is 0.231 e. The Morgan fingerprint density at radius 2 is 1.55 bits per heavy atom. The molecule has 1 N–H and O–H groups in total. The predicted molar refractivity (Wildman–Crippen MR) is 126 cm³/mol. The number of hydrogen-bond donors (Lipinski definition) is 1. The van der Waals surface area contributed by atoms with E-state index in [9.17, 15) is 0 Å². The molecule has 0 amide bonds. The van der Waals surface area contributed by atoms with Crippen LogP contribution in [-0.2, 0) is 0 Å². The minimum atomic E-state index is 0.282. The summed E-state index contributed by atoms with van der Waals surface area (Å²) in [5.74, 6) is 2.50. The maximum atomic E-state index is 5.86. The van der Waals surface area contributed by atoms with E-state index in [2.05, 4.69) is 85.9 Å². The first-order valence-corrected chi connectivity index (χ1v) is 10.9. The lowest BCUT2D eigenvalue weighted by atomic mass is 9.88. The van der Waals surface area contributed by atoms with Gasteiger partial charge in [-0.3, -0.25) is 0 Å². The Kier molecular flexibility index (Phi) is 6.90. The van der Waals surface area contributed by atoms with Gasteiger partial charge in [-0.1, -0.05) is 62.4 Å². The fourth-order valence-electron chi connectivity index (χ4n) is 3.87. The van der Waals surface area contributed by atoms with Crippen LogP contribution in [0.1, 0.15) is 37.0 Å². The molecule has 160 valence electrons. The second-order valence-corrected chi connectivity index (χ2v) is 7.37. The van der Waals surface area contributed by atoms with Crippen LogP contribution in [0.15, 0.2) is 72.8 Å². The summed E-state index contributed by atoms with van der Waals surface area (Å²) in [5.41, 5.74) is 6.00. The Hall–Kier alpha value is -3.24. The summed E-state index contributed by atoms with van der Waals surface area (Å²) in [5, 5.41) is 3.28. The molecule has 3 aromatic carbocycles. The molecule has 4 rings (SSSR count). The van der Waals surface area contributed by atoms with Gasteiger partial charge in [0.05, 0.1) is 0 Å². The standard InChI is InChI=1S/C27H29NO3/c1-3-24(22-12-15-25-26(18-22)31-19-30-25)27(20-8-6-5-7-9-20)21-10-13-23(14-11-21)29-17-16-28-4-2/h5-15,18,28H,3-4,16-17,19H2,1-2H3. The molecule has 0 aromatic heterocycles. The molecule has 0 aliphatic carbocycles. The van der Waals surface area contributed by atoms with Gasteiger partial charge in [-0.15, -0.1) is 0 Å². The maximum absolute atomic E-state index is 5.86. The number of nitrogens with one attached hydrogen (secondary N) is 1. The SMILES string of the molecule is CCNCCOc1ccc(C(=C(CC)c2ccc3c(c2)OCO3)c2ccccc2)cc1. The van der Waals surface area contributed by atoms with Crippen molar-refractivity contribution in [3.63, 3.8) is 0 Å². The molecule has 1 aliphatic rings. The van der Waals surface area contributed by atoms with Gasteiger partial charge in [0.25, 0.3) is 0 Å². The largest absolute Gasteiger partial charge is 0.492 e. The van der Waals surface area contributed by atoms with Gasteiger partial charge < -0.3 is 19.5 Å². The van der Waals surface area contributed by atoms with Gasteiger partial charge in [0.15, 0.2) is 11.5 Å². The Labute approximate surface area is 184 Å². The van der Waals surface area contributed by atoms with E-state index in [1.54, 1.807) is 0 Å². The average molecular weight is 416 g/mol. The van der Waals surface area contributed by atoms with Gasteiger partial charge in [0.2, 0.25) is 6.79 Å². The van der Waals surface area contributed by atoms with Gasteiger partial charge in [-0.2, -0.15) is 0 Å². The third kappa shape index (κ3) is 4.92. The first-order valence-electron chi connectivity index (χ1n) is 10.9. The molecule has 4 nitrogen and oxygen atoms in total. The highest BCUT2D eigenvalue weighted by molar-refractivity contribution is 5.98. The number of ether oxygens (including phenoxy) is 3. The maximum Gasteiger partial charge on any atom is 0.231 e. The molecule has 0 saturated heterocycles. The third-order valence-electron chi connectivity index (χ3n) is 5.38. The van der Waals surface area contributed by atoms with E-state index in [0.29, 0.717) is 6.61 Å². The van der Waals surface area contributed by atoms with Crippen molar-refractivity contribution in [2.45, 2.75) is 20.3 Å². The number of rotatable bonds is 9. The minimum absolute atomic E-state index is 0.282. The van der Waals surface area contributed by atoms with Gasteiger partial charge in [-0.25, -0.2) is 0 Å². The molecule has 3 aromatic rings. The summed E-state index contributed by atoms with van der Waals surface area (Å²) < 4.78 is 17.0. The van der Waals surface area contributed by atoms with Crippen LogP contribution >= 0.6 is 0 Å². The summed E-state index contributed by atoms with van der Waals surface area (Å²) >= 11 is 0. The summed E-state index contributed by atoms with van der Waals surface area (Å²) in [6, 6.07) is 25.1. The van der Waals surface area contributed by atoms with Crippen molar-refractivity contribution >= 4 is 11.1 Å². The third-order valence-corrected chi connectivity index (χ3v) is 5.38. The summed E-state index contributed by atoms with van der Waals surface area (Å²) in [6.45, 7) is 7.03. The normalized spacial score (nSPS) is 13.1. The van der Waals surface area contributed by atoms with E-state index < -0.39 is 0 Å². The van der Waals surface area contributed by atoms with E-state index in [-0.39, 0.29) is 6.79 Å². The lowest BCUT2D eigenvalue weighted by Crippen LogP contribution is -2.20. The quantitative estimate of drug-likeness (QED) is 0.356. The number of likely N-dealkylation sites (N-methyl/N-ethyl adjacent to an activating group) is 1. The fraction of sp³-hybridized carbons (Fsp3) is 0.259. The van der Waals surface area contributed by atoms with E-state index in [1.165, 1.54) is 22.3 Å². The zero-order valence-electron chi connectivity index (χ0n) is 18.2. The van der Waals surface area contributed by atoms with Gasteiger partial charge in [-0.05, 0) is 65.1 Å². The number of benzene rings is 3. The van der Waals surface area contributed by atoms with Crippen LogP contribution in [0.25, 0.3) is 11.1 Å². The number of hydrogen-bond acceptors (Lipinski definition) is 4. The topological polar surface area (TPSA) is 39.7 Å². The second-order valence-electron chi connectivity index (χ2n) is 7.37. The van der Waals surface area contributed by atoms with E-state index in [1.807, 2.05) is 6.07 Å². The summed E-state index contributed by atoms with van der Waals surface area (Å²) in [6.07, 6.45) is 0.894. The highest BCUT2D eigenvalue weighted by Gasteiger charge is 2.18. The minimum Gasteiger partial charge on any atom is -0.492 e. The molecule has 1 heterocycles. The fourth-order valence-corrected chi connectivity index (χ4v) is 3.87. The molecule has 4 heteroatoms. The number of allylic oxidation sites excluding steroid dienone is 1. The number of fused-ring (bicyclic) bond motifs is 1. The molecule has 0 bridgehead atoms. The summed E-state index contributed by atoms with van der Waals surface area (Å²) in [4.78, 5) is 0. The zero-order valence-corrected chi connectivity index (χ0v) is 18.2. The van der Waals surface area contributed by atoms with Crippen molar-refractivity contribution in [2.75, 3.05) is 26.5 Å². The Bertz CT molecular complexity index is 1030. The van der Waals surface area contributed by atoms with Crippen LogP contribution in [0.5, 0.6) is 17.2 Å². The molecule has 0 radical (unpaired) electrons. The highest BCUT2D eigenvalue weighted by Crippen LogP contribution is 2.39. The van der Waals surface area contributed by atoms with Gasteiger partial charge in [0, 0.05) is 6.54 Å². The van der Waals surface area contributed by atoms with Crippen molar-refractivity contribution in [1.29, 1.82) is 0 Å². The van der Waals surface area contributed by atoms with Crippen LogP contribution in [-0.4, -0.2) is 26.5 Å². The van der Waals surface area contributed by atoms with E-state index in [4.69, 9.17) is 14.2 Å². The first kappa shape index (κ1) is 21.0. The first-order chi connectivity index (χ1) is 15.3. The monoisotopic (exact) mass is 415 g/mol. The van der Waals surface area contributed by atoms with Crippen molar-refractivity contribution in [3.05, 3.63) is 89.5 Å². The van der Waals surface area contributed by atoms with Crippen LogP contribution in [0.2, 0.25) is 0 Å². The van der Waals surface area contributed by atoms with Crippen LogP contribution in [0, 0.1) is 0 Å². The van der Waals surface area contributed by atoms with Crippen molar-refractivity contribution in [2.24, 2.45) is 0 Å². The van der Waals surface area contributed by atoms with Crippen molar-refractivity contribution < 1.29 is 14.2 Å². The van der Waals surface area contributed by atoms with Gasteiger partial charge in [0.1, 0.15) is 12.4 Å². The zero-order chi connectivity index (χ0) is 21.5. The van der Waals surface area contributed by atoms with Crippen LogP contribution in [0.3, 0.4) is 0 Å². The molecule has 0 saturated carbocycles. The average Bonchev–Trinajstić information content (AvgIpc) is 3.29. The lowest BCUT2D eigenvalue weighted by molar-refractivity contribution is 0.174. The molecule has 0 unspecified atom stereocenters. The van der Waals surface area contributed by atoms with Gasteiger partial charge >= 0.3 is 0 Å². The molecular weight excluding hydrogens is 386 g/mol. The Balaban J connectivity index is 1.72. The molecule has 0 fully saturated rings. The molecule has 31 heavy (non-hydrogen) atoms. The molecule has 0 atom stereocenters. The Morgan fingerprint density at radius 3 is 2.29 bits per heavy atom. The van der Waals surface area contributed by atoms with Crippen molar-refractivity contribution in [3.8, 4) is 17.2 Å². The highest BCUT2D eigenvalue weighted by atomic mass is 16.7. The second kappa shape index (κ2) is 10.2. The van der Waals surface area contributed by atoms with E-state index >= 15 is 0 Å². The molecule has 0 spiro atoms. The lowest BCUT2D eigenvalue weighted by Gasteiger charge is -2.17. The van der Waals surface area contributed by atoms with Crippen LogP contribution in [0.4, 0.5) is 0 Å².